The summed E-state index contributed by atoms with van der Waals surface area (Å²) < 4.78 is 9.56. The van der Waals surface area contributed by atoms with Crippen molar-refractivity contribution in [2.45, 2.75) is 105 Å². The van der Waals surface area contributed by atoms with Crippen LogP contribution in [0.25, 0.3) is 72.1 Å². The Morgan fingerprint density at radius 1 is 0.383 bits per heavy atom. The highest BCUT2D eigenvalue weighted by Gasteiger charge is 2.33. The standard InChI is InChI=1S/C76H74N4O/c1-73(2,3)54-39-37-52(38-40-54)63-45-59(46-69-71(63)62-31-19-20-34-66(62)80(69)70-47-65(76(10,11)12)64(48-77-70)51-27-17-14-18-28-51)81-58-30-23-29-57(44-58)78-49-79(68-36-22-21-35-67(68)78)72-60(50-25-15-13-16-26-50)32-24-33-61(72)53-41-55(74(4,5)6)43-56(42-53)75(7,8)9/h13-48H,49H2,1-12H3. The minimum Gasteiger partial charge on any atom is -0.457 e. The fourth-order valence-corrected chi connectivity index (χ4v) is 11.8. The van der Waals surface area contributed by atoms with Gasteiger partial charge in [0, 0.05) is 51.5 Å². The van der Waals surface area contributed by atoms with E-state index in [0.717, 1.165) is 78.4 Å². The Morgan fingerprint density at radius 3 is 1.57 bits per heavy atom. The average molecular weight is 1060 g/mol. The minimum absolute atomic E-state index is 0.0108. The van der Waals surface area contributed by atoms with Crippen LogP contribution in [0.2, 0.25) is 0 Å². The number of rotatable bonds is 9. The molecule has 404 valence electrons. The maximum Gasteiger partial charge on any atom is 0.137 e. The third-order valence-corrected chi connectivity index (χ3v) is 16.3. The van der Waals surface area contributed by atoms with E-state index in [1.807, 2.05) is 0 Å². The van der Waals surface area contributed by atoms with Gasteiger partial charge in [0.25, 0.3) is 0 Å². The summed E-state index contributed by atoms with van der Waals surface area (Å²) in [6.45, 7) is 28.2. The first kappa shape index (κ1) is 53.0. The lowest BCUT2D eigenvalue weighted by Crippen LogP contribution is -2.25. The van der Waals surface area contributed by atoms with Crippen LogP contribution in [0.3, 0.4) is 0 Å². The van der Waals surface area contributed by atoms with E-state index in [2.05, 4.69) is 316 Å². The van der Waals surface area contributed by atoms with Crippen molar-refractivity contribution < 1.29 is 4.74 Å². The highest BCUT2D eigenvalue weighted by molar-refractivity contribution is 6.16. The topological polar surface area (TPSA) is 33.5 Å². The molecule has 5 heteroatoms. The average Bonchev–Trinajstić information content (AvgIpc) is 3.15. The van der Waals surface area contributed by atoms with Gasteiger partial charge in [0.1, 0.15) is 24.0 Å². The zero-order chi connectivity index (χ0) is 56.6. The summed E-state index contributed by atoms with van der Waals surface area (Å²) in [6, 6.07) is 77.7. The minimum atomic E-state index is -0.157. The van der Waals surface area contributed by atoms with E-state index in [4.69, 9.17) is 9.72 Å². The van der Waals surface area contributed by atoms with Crippen LogP contribution >= 0.6 is 0 Å². The molecule has 0 atom stereocenters. The fourth-order valence-electron chi connectivity index (χ4n) is 11.8. The molecule has 2 aromatic heterocycles. The van der Waals surface area contributed by atoms with E-state index in [1.165, 1.54) is 50.2 Å². The van der Waals surface area contributed by atoms with E-state index in [-0.39, 0.29) is 21.7 Å². The lowest BCUT2D eigenvalue weighted by Gasteiger charge is -2.29. The number of ether oxygens (including phenoxy) is 1. The maximum atomic E-state index is 7.23. The number of fused-ring (bicyclic) bond motifs is 4. The van der Waals surface area contributed by atoms with Crippen molar-refractivity contribution >= 4 is 44.6 Å². The summed E-state index contributed by atoms with van der Waals surface area (Å²) in [7, 11) is 0. The Kier molecular flexibility index (Phi) is 13.2. The van der Waals surface area contributed by atoms with Gasteiger partial charge in [-0.2, -0.15) is 0 Å². The van der Waals surface area contributed by atoms with Crippen molar-refractivity contribution in [3.8, 4) is 61.8 Å². The molecule has 0 radical (unpaired) electrons. The Labute approximate surface area is 480 Å². The molecule has 0 amide bonds. The summed E-state index contributed by atoms with van der Waals surface area (Å²) in [4.78, 5) is 10.3. The first-order chi connectivity index (χ1) is 38.7. The molecule has 5 nitrogen and oxygen atoms in total. The highest BCUT2D eigenvalue weighted by atomic mass is 16.5. The van der Waals surface area contributed by atoms with Gasteiger partial charge in [-0.3, -0.25) is 4.57 Å². The second-order valence-corrected chi connectivity index (χ2v) is 26.2. The molecule has 0 aliphatic carbocycles. The second-order valence-electron chi connectivity index (χ2n) is 26.2. The van der Waals surface area contributed by atoms with E-state index >= 15 is 0 Å². The SMILES string of the molecule is CC(C)(C)c1ccc(-c2cc(Oc3cccc(N4CN(c5c(-c6ccccc6)cccc5-c5cc(C(C)(C)C)cc(C(C)(C)C)c5)c5ccccc54)c3)cc3c2c2ccccc2n3-c2cc(C(C)(C)C)c(-c3ccccc3)cn2)cc1. The Hall–Kier alpha value is -8.67. The summed E-state index contributed by atoms with van der Waals surface area (Å²) >= 11 is 0. The molecule has 0 saturated heterocycles. The van der Waals surface area contributed by atoms with Crippen molar-refractivity contribution in [1.29, 1.82) is 0 Å². The van der Waals surface area contributed by atoms with Gasteiger partial charge in [0.2, 0.25) is 0 Å². The number of anilines is 4. The smallest absolute Gasteiger partial charge is 0.137 e. The molecule has 0 saturated carbocycles. The third-order valence-electron chi connectivity index (χ3n) is 16.3. The van der Waals surface area contributed by atoms with Gasteiger partial charge in [-0.25, -0.2) is 4.98 Å². The largest absolute Gasteiger partial charge is 0.457 e. The normalized spacial score (nSPS) is 13.1. The zero-order valence-electron chi connectivity index (χ0n) is 49.2. The number of benzene rings is 9. The summed E-state index contributed by atoms with van der Waals surface area (Å²) in [5, 5.41) is 2.32. The van der Waals surface area contributed by atoms with Gasteiger partial charge in [0.05, 0.1) is 28.1 Å². The van der Waals surface area contributed by atoms with E-state index in [0.29, 0.717) is 6.67 Å². The van der Waals surface area contributed by atoms with Crippen molar-refractivity contribution in [3.63, 3.8) is 0 Å². The van der Waals surface area contributed by atoms with Gasteiger partial charge >= 0.3 is 0 Å². The monoisotopic (exact) mass is 1060 g/mol. The molecule has 81 heavy (non-hydrogen) atoms. The molecule has 1 aliphatic heterocycles. The number of pyridine rings is 1. The van der Waals surface area contributed by atoms with Gasteiger partial charge < -0.3 is 14.5 Å². The van der Waals surface area contributed by atoms with Gasteiger partial charge in [0.15, 0.2) is 0 Å². The molecule has 9 aromatic carbocycles. The maximum absolute atomic E-state index is 7.23. The van der Waals surface area contributed by atoms with Crippen LogP contribution < -0.4 is 14.5 Å². The first-order valence-corrected chi connectivity index (χ1v) is 28.7. The summed E-state index contributed by atoms with van der Waals surface area (Å²) in [5.41, 5.74) is 20.9. The Bertz CT molecular complexity index is 4110. The molecule has 12 rings (SSSR count). The van der Waals surface area contributed by atoms with Gasteiger partial charge in [-0.05, 0) is 114 Å². The van der Waals surface area contributed by atoms with Crippen LogP contribution in [-0.4, -0.2) is 16.2 Å². The molecular weight excluding hydrogens is 985 g/mol. The Balaban J connectivity index is 0.994. The Morgan fingerprint density at radius 2 is 0.938 bits per heavy atom. The van der Waals surface area contributed by atoms with Crippen LogP contribution in [-0.2, 0) is 21.7 Å². The summed E-state index contributed by atoms with van der Waals surface area (Å²) in [5.74, 6) is 2.36. The lowest BCUT2D eigenvalue weighted by atomic mass is 9.78. The zero-order valence-corrected chi connectivity index (χ0v) is 49.2. The van der Waals surface area contributed by atoms with Crippen LogP contribution in [0.5, 0.6) is 11.5 Å². The van der Waals surface area contributed by atoms with Crippen LogP contribution in [0.1, 0.15) is 105 Å². The van der Waals surface area contributed by atoms with Crippen molar-refractivity contribution in [2.24, 2.45) is 0 Å². The molecule has 0 unspecified atom stereocenters. The third kappa shape index (κ3) is 10.1. The molecule has 3 heterocycles. The van der Waals surface area contributed by atoms with E-state index in [9.17, 15) is 0 Å². The molecule has 0 fully saturated rings. The molecular formula is C76H74N4O. The van der Waals surface area contributed by atoms with Gasteiger partial charge in [-0.15, -0.1) is 0 Å². The molecule has 0 bridgehead atoms. The van der Waals surface area contributed by atoms with E-state index < -0.39 is 0 Å². The van der Waals surface area contributed by atoms with Crippen molar-refractivity contribution in [2.75, 3.05) is 16.5 Å². The quantitative estimate of drug-likeness (QED) is 0.144. The predicted molar refractivity (Wildman–Crippen MR) is 344 cm³/mol. The number of nitrogens with zero attached hydrogens (tertiary/aromatic N) is 4. The number of hydrogen-bond acceptors (Lipinski definition) is 4. The molecule has 0 N–H and O–H groups in total. The molecule has 1 aliphatic rings. The van der Waals surface area contributed by atoms with Crippen molar-refractivity contribution in [1.82, 2.24) is 9.55 Å². The molecule has 11 aromatic rings. The number of para-hydroxylation sites is 4. The fraction of sp³-hybridized carbons (Fsp3) is 0.224. The number of hydrogen-bond donors (Lipinski definition) is 0. The van der Waals surface area contributed by atoms with Crippen molar-refractivity contribution in [3.05, 3.63) is 241 Å². The number of aromatic nitrogens is 2. The van der Waals surface area contributed by atoms with E-state index in [1.54, 1.807) is 0 Å². The first-order valence-electron chi connectivity index (χ1n) is 28.7. The molecule has 0 spiro atoms. The van der Waals surface area contributed by atoms with Crippen LogP contribution in [0.4, 0.5) is 22.7 Å². The van der Waals surface area contributed by atoms with Crippen LogP contribution in [0, 0.1) is 0 Å². The second kappa shape index (κ2) is 20.1. The lowest BCUT2D eigenvalue weighted by molar-refractivity contribution is 0.483. The highest BCUT2D eigenvalue weighted by Crippen LogP contribution is 2.52. The van der Waals surface area contributed by atoms with Crippen LogP contribution in [0.15, 0.2) is 219 Å². The van der Waals surface area contributed by atoms with Gasteiger partial charge in [-0.1, -0.05) is 241 Å². The predicted octanol–water partition coefficient (Wildman–Crippen LogP) is 21.1. The summed E-state index contributed by atoms with van der Waals surface area (Å²) in [6.07, 6.45) is 2.07.